The third-order valence-corrected chi connectivity index (χ3v) is 3.19. The number of Topliss-reactive ketones (excluding diaryl/α,β-unsaturated/α-hetero) is 1. The zero-order chi connectivity index (χ0) is 14.5. The molecule has 2 nitrogen and oxygen atoms in total. The molecule has 0 aliphatic heterocycles. The number of rotatable bonds is 4. The van der Waals surface area contributed by atoms with Gasteiger partial charge in [0.1, 0.15) is 0 Å². The van der Waals surface area contributed by atoms with Gasteiger partial charge in [0.2, 0.25) is 0 Å². The Kier molecular flexibility index (Phi) is 4.36. The zero-order valence-corrected chi connectivity index (χ0v) is 12.1. The molecule has 0 aliphatic rings. The first-order chi connectivity index (χ1) is 9.56. The highest BCUT2D eigenvalue weighted by atomic mass is 16.1. The number of ketones is 1. The van der Waals surface area contributed by atoms with E-state index < -0.39 is 0 Å². The Balaban J connectivity index is 2.10. The van der Waals surface area contributed by atoms with E-state index in [2.05, 4.69) is 41.3 Å². The number of carbonyl (C=O) groups excluding carboxylic acids is 1. The lowest BCUT2D eigenvalue weighted by Gasteiger charge is -2.11. The zero-order valence-electron chi connectivity index (χ0n) is 12.1. The minimum absolute atomic E-state index is 0.0970. The Labute approximate surface area is 120 Å². The van der Waals surface area contributed by atoms with Crippen molar-refractivity contribution in [3.8, 4) is 0 Å². The molecule has 0 spiro atoms. The van der Waals surface area contributed by atoms with Crippen LogP contribution in [0, 0.1) is 0 Å². The van der Waals surface area contributed by atoms with Crippen LogP contribution in [0.2, 0.25) is 0 Å². The Morgan fingerprint density at radius 2 is 1.30 bits per heavy atom. The summed E-state index contributed by atoms with van der Waals surface area (Å²) >= 11 is 0. The molecule has 2 rings (SSSR count). The minimum Gasteiger partial charge on any atom is -0.378 e. The number of benzene rings is 2. The van der Waals surface area contributed by atoms with E-state index in [-0.39, 0.29) is 5.78 Å². The SMILES string of the molecule is CC(=O)c1ccc(/C=C/c2ccc(N(C)C)cc2)cc1. The van der Waals surface area contributed by atoms with Crippen molar-refractivity contribution in [1.29, 1.82) is 0 Å². The number of nitrogens with zero attached hydrogens (tertiary/aromatic N) is 1. The molecule has 102 valence electrons. The molecule has 0 heterocycles. The Bertz CT molecular complexity index is 607. The van der Waals surface area contributed by atoms with Crippen LogP contribution in [0.4, 0.5) is 5.69 Å². The highest BCUT2D eigenvalue weighted by Gasteiger charge is 1.97. The Morgan fingerprint density at radius 3 is 1.70 bits per heavy atom. The van der Waals surface area contributed by atoms with Gasteiger partial charge in [0.15, 0.2) is 5.78 Å². The molecule has 0 fully saturated rings. The van der Waals surface area contributed by atoms with Crippen molar-refractivity contribution >= 4 is 23.6 Å². The number of anilines is 1. The average Bonchev–Trinajstić information content (AvgIpc) is 2.46. The first kappa shape index (κ1) is 14.1. The number of hydrogen-bond donors (Lipinski definition) is 0. The van der Waals surface area contributed by atoms with Gasteiger partial charge in [-0.05, 0) is 30.2 Å². The summed E-state index contributed by atoms with van der Waals surface area (Å²) in [5, 5.41) is 0. The standard InChI is InChI=1S/C18H19NO/c1-14(20)17-10-6-15(7-11-17)4-5-16-8-12-18(13-9-16)19(2)3/h4-13H,1-3H3/b5-4+. The van der Waals surface area contributed by atoms with Gasteiger partial charge in [-0.3, -0.25) is 4.79 Å². The maximum atomic E-state index is 11.2. The molecule has 20 heavy (non-hydrogen) atoms. The third-order valence-electron chi connectivity index (χ3n) is 3.19. The van der Waals surface area contributed by atoms with Crippen molar-refractivity contribution in [3.05, 3.63) is 65.2 Å². The van der Waals surface area contributed by atoms with E-state index >= 15 is 0 Å². The topological polar surface area (TPSA) is 20.3 Å². The molecule has 0 unspecified atom stereocenters. The molecule has 0 aliphatic carbocycles. The first-order valence-electron chi connectivity index (χ1n) is 6.63. The van der Waals surface area contributed by atoms with Crippen LogP contribution in [0.3, 0.4) is 0 Å². The number of carbonyl (C=O) groups is 1. The van der Waals surface area contributed by atoms with Crippen molar-refractivity contribution in [2.24, 2.45) is 0 Å². The molecule has 0 saturated heterocycles. The Morgan fingerprint density at radius 1 is 0.850 bits per heavy atom. The lowest BCUT2D eigenvalue weighted by Crippen LogP contribution is -2.07. The van der Waals surface area contributed by atoms with Crippen LogP contribution >= 0.6 is 0 Å². The summed E-state index contributed by atoms with van der Waals surface area (Å²) in [6.45, 7) is 1.58. The molecular weight excluding hydrogens is 246 g/mol. The van der Waals surface area contributed by atoms with E-state index in [0.29, 0.717) is 0 Å². The molecule has 2 heteroatoms. The molecule has 0 saturated carbocycles. The number of hydrogen-bond acceptors (Lipinski definition) is 2. The van der Waals surface area contributed by atoms with E-state index in [1.165, 1.54) is 5.69 Å². The molecule has 0 radical (unpaired) electrons. The molecule has 0 bridgehead atoms. The molecular formula is C18H19NO. The predicted molar refractivity (Wildman–Crippen MR) is 86.1 cm³/mol. The highest BCUT2D eigenvalue weighted by molar-refractivity contribution is 5.94. The molecule has 2 aromatic carbocycles. The van der Waals surface area contributed by atoms with Gasteiger partial charge in [-0.1, -0.05) is 48.6 Å². The van der Waals surface area contributed by atoms with Gasteiger partial charge in [0, 0.05) is 25.3 Å². The van der Waals surface area contributed by atoms with Crippen LogP contribution in [-0.4, -0.2) is 19.9 Å². The van der Waals surface area contributed by atoms with Gasteiger partial charge < -0.3 is 4.90 Å². The third kappa shape index (κ3) is 3.58. The van der Waals surface area contributed by atoms with Crippen molar-refractivity contribution in [2.75, 3.05) is 19.0 Å². The maximum absolute atomic E-state index is 11.2. The van der Waals surface area contributed by atoms with Gasteiger partial charge in [-0.25, -0.2) is 0 Å². The fourth-order valence-corrected chi connectivity index (χ4v) is 1.90. The maximum Gasteiger partial charge on any atom is 0.159 e. The molecule has 2 aromatic rings. The van der Waals surface area contributed by atoms with E-state index in [4.69, 9.17) is 0 Å². The van der Waals surface area contributed by atoms with Crippen LogP contribution in [0.1, 0.15) is 28.4 Å². The first-order valence-corrected chi connectivity index (χ1v) is 6.63. The Hall–Kier alpha value is -2.35. The van der Waals surface area contributed by atoms with Crippen molar-refractivity contribution in [1.82, 2.24) is 0 Å². The largest absolute Gasteiger partial charge is 0.378 e. The van der Waals surface area contributed by atoms with Gasteiger partial charge in [0.25, 0.3) is 0 Å². The monoisotopic (exact) mass is 265 g/mol. The summed E-state index contributed by atoms with van der Waals surface area (Å²) in [7, 11) is 4.06. The molecule has 0 aromatic heterocycles. The van der Waals surface area contributed by atoms with E-state index in [1.807, 2.05) is 38.4 Å². The van der Waals surface area contributed by atoms with Crippen molar-refractivity contribution in [2.45, 2.75) is 6.92 Å². The van der Waals surface area contributed by atoms with E-state index in [9.17, 15) is 4.79 Å². The summed E-state index contributed by atoms with van der Waals surface area (Å²) in [6, 6.07) is 16.0. The molecule has 0 N–H and O–H groups in total. The quantitative estimate of drug-likeness (QED) is 0.612. The van der Waals surface area contributed by atoms with Crippen LogP contribution in [0.15, 0.2) is 48.5 Å². The van der Waals surface area contributed by atoms with E-state index in [0.717, 1.165) is 16.7 Å². The lowest BCUT2D eigenvalue weighted by atomic mass is 10.1. The lowest BCUT2D eigenvalue weighted by molar-refractivity contribution is 0.101. The smallest absolute Gasteiger partial charge is 0.159 e. The van der Waals surface area contributed by atoms with Crippen LogP contribution < -0.4 is 4.90 Å². The van der Waals surface area contributed by atoms with Crippen LogP contribution in [0.25, 0.3) is 12.2 Å². The summed E-state index contributed by atoms with van der Waals surface area (Å²) in [4.78, 5) is 13.3. The van der Waals surface area contributed by atoms with Crippen molar-refractivity contribution < 1.29 is 4.79 Å². The normalized spacial score (nSPS) is 10.8. The average molecular weight is 265 g/mol. The fourth-order valence-electron chi connectivity index (χ4n) is 1.90. The van der Waals surface area contributed by atoms with Crippen LogP contribution in [0.5, 0.6) is 0 Å². The van der Waals surface area contributed by atoms with E-state index in [1.54, 1.807) is 6.92 Å². The van der Waals surface area contributed by atoms with Gasteiger partial charge >= 0.3 is 0 Å². The summed E-state index contributed by atoms with van der Waals surface area (Å²) in [6.07, 6.45) is 4.12. The minimum atomic E-state index is 0.0970. The fraction of sp³-hybridized carbons (Fsp3) is 0.167. The van der Waals surface area contributed by atoms with Crippen molar-refractivity contribution in [3.63, 3.8) is 0 Å². The second-order valence-corrected chi connectivity index (χ2v) is 5.00. The summed E-state index contributed by atoms with van der Waals surface area (Å²) < 4.78 is 0. The highest BCUT2D eigenvalue weighted by Crippen LogP contribution is 2.15. The molecule has 0 amide bonds. The predicted octanol–water partition coefficient (Wildman–Crippen LogP) is 4.13. The second-order valence-electron chi connectivity index (χ2n) is 5.00. The van der Waals surface area contributed by atoms with Gasteiger partial charge in [-0.15, -0.1) is 0 Å². The second kappa shape index (κ2) is 6.20. The van der Waals surface area contributed by atoms with Gasteiger partial charge in [-0.2, -0.15) is 0 Å². The van der Waals surface area contributed by atoms with Crippen LogP contribution in [-0.2, 0) is 0 Å². The summed E-state index contributed by atoms with van der Waals surface area (Å²) in [5.74, 6) is 0.0970. The summed E-state index contributed by atoms with van der Waals surface area (Å²) in [5.41, 5.74) is 4.18. The molecule has 0 atom stereocenters. The van der Waals surface area contributed by atoms with Gasteiger partial charge in [0.05, 0.1) is 0 Å².